The molecule has 1 N–H and O–H groups in total. The lowest BCUT2D eigenvalue weighted by Crippen LogP contribution is -2.06. The third-order valence-electron chi connectivity index (χ3n) is 2.46. The maximum Gasteiger partial charge on any atom is 0.183 e. The van der Waals surface area contributed by atoms with E-state index in [-0.39, 0.29) is 0 Å². The van der Waals surface area contributed by atoms with Gasteiger partial charge in [0.15, 0.2) is 5.13 Å². The number of methoxy groups -OCH3 is 1. The fourth-order valence-corrected chi connectivity index (χ4v) is 2.41. The quantitative estimate of drug-likeness (QED) is 0.782. The van der Waals surface area contributed by atoms with Crippen LogP contribution in [0, 0.1) is 0 Å². The molecule has 0 aliphatic carbocycles. The van der Waals surface area contributed by atoms with Crippen LogP contribution in [0.5, 0.6) is 0 Å². The van der Waals surface area contributed by atoms with E-state index < -0.39 is 0 Å². The Morgan fingerprint density at radius 1 is 1.44 bits per heavy atom. The van der Waals surface area contributed by atoms with E-state index in [0.29, 0.717) is 6.61 Å². The van der Waals surface area contributed by atoms with Gasteiger partial charge in [-0.05, 0) is 6.42 Å². The third-order valence-corrected chi connectivity index (χ3v) is 3.46. The molecule has 0 aromatic carbocycles. The van der Waals surface area contributed by atoms with Crippen molar-refractivity contribution in [2.45, 2.75) is 19.9 Å². The van der Waals surface area contributed by atoms with Gasteiger partial charge in [-0.2, -0.15) is 5.10 Å². The first-order chi connectivity index (χ1) is 8.83. The van der Waals surface area contributed by atoms with Crippen LogP contribution in [0.25, 0.3) is 10.4 Å². The second-order valence-electron chi connectivity index (χ2n) is 3.94. The number of nitrogens with one attached hydrogen (secondary N) is 1. The molecule has 5 nitrogen and oxygen atoms in total. The minimum Gasteiger partial charge on any atom is -0.383 e. The number of ether oxygens (including phenoxy) is 1. The summed E-state index contributed by atoms with van der Waals surface area (Å²) in [6.45, 7) is 4.56. The maximum atomic E-state index is 4.99. The predicted molar refractivity (Wildman–Crippen MR) is 74.0 cm³/mol. The first kappa shape index (κ1) is 13.0. The fraction of sp³-hybridized carbons (Fsp3) is 0.500. The highest BCUT2D eigenvalue weighted by Crippen LogP contribution is 2.28. The van der Waals surface area contributed by atoms with Crippen LogP contribution in [0.1, 0.15) is 13.3 Å². The largest absolute Gasteiger partial charge is 0.383 e. The number of aromatic nitrogens is 3. The van der Waals surface area contributed by atoms with E-state index in [0.717, 1.165) is 35.1 Å². The van der Waals surface area contributed by atoms with Crippen molar-refractivity contribution >= 4 is 16.5 Å². The van der Waals surface area contributed by atoms with Crippen molar-refractivity contribution < 1.29 is 4.74 Å². The molecule has 0 spiro atoms. The summed E-state index contributed by atoms with van der Waals surface area (Å²) in [5.41, 5.74) is 1.13. The number of hydrogen-bond donors (Lipinski definition) is 1. The molecule has 0 radical (unpaired) electrons. The van der Waals surface area contributed by atoms with Gasteiger partial charge in [0.2, 0.25) is 0 Å². The van der Waals surface area contributed by atoms with Gasteiger partial charge in [0.1, 0.15) is 0 Å². The van der Waals surface area contributed by atoms with Crippen molar-refractivity contribution in [3.05, 3.63) is 18.6 Å². The molecule has 0 bridgehead atoms. The van der Waals surface area contributed by atoms with Crippen LogP contribution in [0.3, 0.4) is 0 Å². The highest BCUT2D eigenvalue weighted by atomic mass is 32.1. The Hall–Kier alpha value is -1.40. The lowest BCUT2D eigenvalue weighted by atomic mass is 10.3. The zero-order chi connectivity index (χ0) is 12.8. The summed E-state index contributed by atoms with van der Waals surface area (Å²) in [6, 6.07) is 0. The van der Waals surface area contributed by atoms with Gasteiger partial charge in [-0.15, -0.1) is 0 Å². The normalized spacial score (nSPS) is 10.8. The monoisotopic (exact) mass is 266 g/mol. The Kier molecular flexibility index (Phi) is 4.72. The van der Waals surface area contributed by atoms with Gasteiger partial charge in [0, 0.05) is 38.2 Å². The van der Waals surface area contributed by atoms with Crippen LogP contribution in [0.2, 0.25) is 0 Å². The average Bonchev–Trinajstić information content (AvgIpc) is 2.98. The van der Waals surface area contributed by atoms with Crippen LogP contribution < -0.4 is 5.32 Å². The van der Waals surface area contributed by atoms with Gasteiger partial charge < -0.3 is 10.1 Å². The van der Waals surface area contributed by atoms with E-state index in [1.165, 1.54) is 0 Å². The summed E-state index contributed by atoms with van der Waals surface area (Å²) in [5.74, 6) is 0. The Morgan fingerprint density at radius 2 is 2.33 bits per heavy atom. The summed E-state index contributed by atoms with van der Waals surface area (Å²) in [4.78, 5) is 5.47. The van der Waals surface area contributed by atoms with E-state index in [1.54, 1.807) is 18.4 Å². The van der Waals surface area contributed by atoms with Crippen molar-refractivity contribution in [3.8, 4) is 10.4 Å². The molecule has 2 heterocycles. The van der Waals surface area contributed by atoms with Gasteiger partial charge in [0.25, 0.3) is 0 Å². The Labute approximate surface area is 111 Å². The maximum absolute atomic E-state index is 4.99. The van der Waals surface area contributed by atoms with Gasteiger partial charge in [-0.1, -0.05) is 18.3 Å². The summed E-state index contributed by atoms with van der Waals surface area (Å²) in [5, 5.41) is 8.47. The molecular formula is C12H18N4OS. The number of hydrogen-bond acceptors (Lipinski definition) is 5. The van der Waals surface area contributed by atoms with Gasteiger partial charge >= 0.3 is 0 Å². The number of rotatable bonds is 7. The van der Waals surface area contributed by atoms with E-state index in [2.05, 4.69) is 28.5 Å². The zero-order valence-electron chi connectivity index (χ0n) is 10.7. The average molecular weight is 266 g/mol. The topological polar surface area (TPSA) is 52.0 Å². The molecule has 98 valence electrons. The standard InChI is InChI=1S/C12H18N4OS/c1-3-5-16-9-10(7-15-16)11-8-14-12(18-11)13-4-6-17-2/h7-9H,3-6H2,1-2H3,(H,13,14). The zero-order valence-corrected chi connectivity index (χ0v) is 11.5. The molecular weight excluding hydrogens is 248 g/mol. The first-order valence-corrected chi connectivity index (χ1v) is 6.86. The van der Waals surface area contributed by atoms with Gasteiger partial charge in [-0.3, -0.25) is 4.68 Å². The highest BCUT2D eigenvalue weighted by Gasteiger charge is 2.06. The SMILES string of the molecule is CCCn1cc(-c2cnc(NCCOC)s2)cn1. The van der Waals surface area contributed by atoms with Crippen molar-refractivity contribution in [2.75, 3.05) is 25.6 Å². The summed E-state index contributed by atoms with van der Waals surface area (Å²) >= 11 is 1.64. The molecule has 0 aliphatic rings. The highest BCUT2D eigenvalue weighted by molar-refractivity contribution is 7.18. The second kappa shape index (κ2) is 6.51. The van der Waals surface area contributed by atoms with Gasteiger partial charge in [0.05, 0.1) is 17.7 Å². The molecule has 0 atom stereocenters. The molecule has 18 heavy (non-hydrogen) atoms. The molecule has 0 aliphatic heterocycles. The molecule has 6 heteroatoms. The lowest BCUT2D eigenvalue weighted by molar-refractivity contribution is 0.211. The van der Waals surface area contributed by atoms with E-state index in [4.69, 9.17) is 4.74 Å². The van der Waals surface area contributed by atoms with Crippen LogP contribution in [-0.4, -0.2) is 35.0 Å². The Bertz CT molecular complexity index is 480. The number of aryl methyl sites for hydroxylation is 1. The molecule has 2 aromatic heterocycles. The summed E-state index contributed by atoms with van der Waals surface area (Å²) in [6.07, 6.45) is 6.93. The number of nitrogens with zero attached hydrogens (tertiary/aromatic N) is 3. The molecule has 2 rings (SSSR count). The van der Waals surface area contributed by atoms with Gasteiger partial charge in [-0.25, -0.2) is 4.98 Å². The lowest BCUT2D eigenvalue weighted by Gasteiger charge is -1.99. The van der Waals surface area contributed by atoms with Crippen LogP contribution in [0.4, 0.5) is 5.13 Å². The number of thiazole rings is 1. The molecule has 2 aromatic rings. The van der Waals surface area contributed by atoms with E-state index >= 15 is 0 Å². The third kappa shape index (κ3) is 3.30. The summed E-state index contributed by atoms with van der Waals surface area (Å²) in [7, 11) is 1.69. The van der Waals surface area contributed by atoms with E-state index in [9.17, 15) is 0 Å². The minimum atomic E-state index is 0.684. The van der Waals surface area contributed by atoms with Crippen molar-refractivity contribution in [2.24, 2.45) is 0 Å². The Balaban J connectivity index is 1.99. The molecule has 0 saturated carbocycles. The first-order valence-electron chi connectivity index (χ1n) is 6.05. The van der Waals surface area contributed by atoms with Crippen molar-refractivity contribution in [1.82, 2.24) is 14.8 Å². The minimum absolute atomic E-state index is 0.684. The van der Waals surface area contributed by atoms with Crippen LogP contribution in [0.15, 0.2) is 18.6 Å². The molecule has 0 fully saturated rings. The molecule has 0 saturated heterocycles. The van der Waals surface area contributed by atoms with Crippen molar-refractivity contribution in [1.29, 1.82) is 0 Å². The van der Waals surface area contributed by atoms with Crippen LogP contribution >= 0.6 is 11.3 Å². The van der Waals surface area contributed by atoms with Crippen molar-refractivity contribution in [3.63, 3.8) is 0 Å². The summed E-state index contributed by atoms with van der Waals surface area (Å²) < 4.78 is 6.95. The molecule has 0 amide bonds. The molecule has 0 unspecified atom stereocenters. The predicted octanol–water partition coefficient (Wildman–Crippen LogP) is 2.47. The fourth-order valence-electron chi connectivity index (χ4n) is 1.59. The van der Waals surface area contributed by atoms with Crippen LogP contribution in [-0.2, 0) is 11.3 Å². The smallest absolute Gasteiger partial charge is 0.183 e. The number of anilines is 1. The van der Waals surface area contributed by atoms with E-state index in [1.807, 2.05) is 17.1 Å². The Morgan fingerprint density at radius 3 is 3.11 bits per heavy atom. The second-order valence-corrected chi connectivity index (χ2v) is 4.97.